The Kier molecular flexibility index (Phi) is 5.72. The molecule has 0 saturated carbocycles. The lowest BCUT2D eigenvalue weighted by Crippen LogP contribution is -2.43. The Hall–Kier alpha value is -0.610. The van der Waals surface area contributed by atoms with Crippen LogP contribution in [0.15, 0.2) is 0 Å². The Morgan fingerprint density at radius 3 is 2.36 bits per heavy atom. The zero-order chi connectivity index (χ0) is 11.2. The van der Waals surface area contributed by atoms with Crippen molar-refractivity contribution in [1.29, 1.82) is 0 Å². The maximum absolute atomic E-state index is 11.0. The van der Waals surface area contributed by atoms with Gasteiger partial charge in [-0.2, -0.15) is 0 Å². The van der Waals surface area contributed by atoms with Crippen LogP contribution in [0.3, 0.4) is 0 Å². The Morgan fingerprint density at radius 2 is 1.93 bits per heavy atom. The van der Waals surface area contributed by atoms with E-state index in [4.69, 9.17) is 0 Å². The zero-order valence-electron chi connectivity index (χ0n) is 9.81. The molecule has 0 rings (SSSR count). The number of hydrogen-bond donors (Lipinski definition) is 2. The highest BCUT2D eigenvalue weighted by Gasteiger charge is 2.12. The van der Waals surface area contributed by atoms with Crippen molar-refractivity contribution in [2.45, 2.75) is 39.3 Å². The predicted molar refractivity (Wildman–Crippen MR) is 57.2 cm³/mol. The Morgan fingerprint density at radius 1 is 1.36 bits per heavy atom. The van der Waals surface area contributed by atoms with Crippen LogP contribution in [0.25, 0.3) is 0 Å². The second kappa shape index (κ2) is 5.98. The van der Waals surface area contributed by atoms with Crippen LogP contribution in [0.4, 0.5) is 0 Å². The van der Waals surface area contributed by atoms with Crippen LogP contribution < -0.4 is 10.6 Å². The monoisotopic (exact) mass is 202 g/mol. The lowest BCUT2D eigenvalue weighted by Gasteiger charge is -2.21. The molecule has 0 radical (unpaired) electrons. The first-order valence-corrected chi connectivity index (χ1v) is 4.93. The van der Waals surface area contributed by atoms with Crippen molar-refractivity contribution in [3.05, 3.63) is 0 Å². The van der Waals surface area contributed by atoms with Crippen molar-refractivity contribution in [2.75, 3.05) is 20.2 Å². The molecule has 0 amide bonds. The van der Waals surface area contributed by atoms with E-state index in [-0.39, 0.29) is 17.6 Å². The van der Waals surface area contributed by atoms with Gasteiger partial charge in [0.1, 0.15) is 6.04 Å². The van der Waals surface area contributed by atoms with Gasteiger partial charge in [-0.3, -0.25) is 4.79 Å². The van der Waals surface area contributed by atoms with Crippen molar-refractivity contribution >= 4 is 5.97 Å². The molecule has 0 aromatic rings. The van der Waals surface area contributed by atoms with Gasteiger partial charge in [0, 0.05) is 18.6 Å². The zero-order valence-corrected chi connectivity index (χ0v) is 9.81. The molecule has 1 atom stereocenters. The number of carbonyl (C=O) groups excluding carboxylic acids is 1. The van der Waals surface area contributed by atoms with Crippen LogP contribution in [0.2, 0.25) is 0 Å². The largest absolute Gasteiger partial charge is 0.468 e. The van der Waals surface area contributed by atoms with E-state index in [0.717, 1.165) is 13.1 Å². The fourth-order valence-corrected chi connectivity index (χ4v) is 0.986. The summed E-state index contributed by atoms with van der Waals surface area (Å²) in [6.45, 7) is 9.71. The highest BCUT2D eigenvalue weighted by Crippen LogP contribution is 1.96. The second-order valence-corrected chi connectivity index (χ2v) is 4.38. The van der Waals surface area contributed by atoms with Gasteiger partial charge in [-0.05, 0) is 27.7 Å². The van der Waals surface area contributed by atoms with Gasteiger partial charge in [-0.25, -0.2) is 0 Å². The lowest BCUT2D eigenvalue weighted by molar-refractivity contribution is -0.142. The molecule has 0 aromatic carbocycles. The van der Waals surface area contributed by atoms with Crippen molar-refractivity contribution in [3.8, 4) is 0 Å². The van der Waals surface area contributed by atoms with E-state index in [0.29, 0.717) is 0 Å². The van der Waals surface area contributed by atoms with Gasteiger partial charge in [-0.1, -0.05) is 0 Å². The summed E-state index contributed by atoms with van der Waals surface area (Å²) in [6.07, 6.45) is 0. The van der Waals surface area contributed by atoms with E-state index in [9.17, 15) is 4.79 Å². The minimum atomic E-state index is -0.234. The fraction of sp³-hybridized carbons (Fsp3) is 0.900. The Balaban J connectivity index is 3.50. The molecule has 14 heavy (non-hydrogen) atoms. The van der Waals surface area contributed by atoms with Crippen molar-refractivity contribution < 1.29 is 9.53 Å². The van der Waals surface area contributed by atoms with Crippen LogP contribution in [0.5, 0.6) is 0 Å². The Labute approximate surface area is 86.4 Å². The van der Waals surface area contributed by atoms with Crippen molar-refractivity contribution in [3.63, 3.8) is 0 Å². The van der Waals surface area contributed by atoms with E-state index in [1.807, 2.05) is 0 Å². The number of rotatable bonds is 5. The number of esters is 1. The first kappa shape index (κ1) is 13.4. The molecule has 0 spiro atoms. The third-order valence-electron chi connectivity index (χ3n) is 1.79. The molecular weight excluding hydrogens is 180 g/mol. The Bertz CT molecular complexity index is 175. The van der Waals surface area contributed by atoms with Gasteiger partial charge < -0.3 is 15.4 Å². The first-order valence-electron chi connectivity index (χ1n) is 4.93. The normalized spacial score (nSPS) is 13.8. The van der Waals surface area contributed by atoms with E-state index in [1.54, 1.807) is 6.92 Å². The smallest absolute Gasteiger partial charge is 0.322 e. The molecule has 0 aliphatic heterocycles. The average Bonchev–Trinajstić information content (AvgIpc) is 2.09. The number of nitrogens with one attached hydrogen (secondary N) is 2. The molecule has 0 aliphatic carbocycles. The number of hydrogen-bond acceptors (Lipinski definition) is 4. The molecule has 0 aliphatic rings. The van der Waals surface area contributed by atoms with Crippen molar-refractivity contribution in [2.24, 2.45) is 0 Å². The van der Waals surface area contributed by atoms with Gasteiger partial charge in [-0.15, -0.1) is 0 Å². The molecule has 0 heterocycles. The van der Waals surface area contributed by atoms with E-state index in [2.05, 4.69) is 36.1 Å². The standard InChI is InChI=1S/C10H22N2O2/c1-8(9(13)14-5)11-6-7-12-10(2,3)4/h8,11-12H,6-7H2,1-5H3. The van der Waals surface area contributed by atoms with Crippen LogP contribution in [0.1, 0.15) is 27.7 Å². The van der Waals surface area contributed by atoms with E-state index in [1.165, 1.54) is 7.11 Å². The first-order chi connectivity index (χ1) is 6.37. The molecule has 0 fully saturated rings. The maximum Gasteiger partial charge on any atom is 0.322 e. The van der Waals surface area contributed by atoms with E-state index >= 15 is 0 Å². The van der Waals surface area contributed by atoms with Crippen molar-refractivity contribution in [1.82, 2.24) is 10.6 Å². The summed E-state index contributed by atoms with van der Waals surface area (Å²) >= 11 is 0. The molecular formula is C10H22N2O2. The van der Waals surface area contributed by atoms with E-state index < -0.39 is 0 Å². The molecule has 84 valence electrons. The van der Waals surface area contributed by atoms with Crippen LogP contribution >= 0.6 is 0 Å². The summed E-state index contributed by atoms with van der Waals surface area (Å²) in [5.74, 6) is -0.222. The fourth-order valence-electron chi connectivity index (χ4n) is 0.986. The number of methoxy groups -OCH3 is 1. The maximum atomic E-state index is 11.0. The average molecular weight is 202 g/mol. The third-order valence-corrected chi connectivity index (χ3v) is 1.79. The molecule has 1 unspecified atom stereocenters. The highest BCUT2D eigenvalue weighted by molar-refractivity contribution is 5.74. The molecule has 2 N–H and O–H groups in total. The quantitative estimate of drug-likeness (QED) is 0.504. The summed E-state index contributed by atoms with van der Waals surface area (Å²) < 4.78 is 4.59. The highest BCUT2D eigenvalue weighted by atomic mass is 16.5. The summed E-state index contributed by atoms with van der Waals surface area (Å²) in [6, 6.07) is -0.234. The van der Waals surface area contributed by atoms with Crippen LogP contribution in [0, 0.1) is 0 Å². The molecule has 4 heteroatoms. The summed E-state index contributed by atoms with van der Waals surface area (Å²) in [7, 11) is 1.40. The molecule has 0 saturated heterocycles. The second-order valence-electron chi connectivity index (χ2n) is 4.38. The van der Waals surface area contributed by atoms with Crippen LogP contribution in [-0.4, -0.2) is 37.7 Å². The summed E-state index contributed by atoms with van der Waals surface area (Å²) in [4.78, 5) is 11.0. The minimum absolute atomic E-state index is 0.121. The molecule has 0 aromatic heterocycles. The SMILES string of the molecule is COC(=O)C(C)NCCNC(C)(C)C. The van der Waals surface area contributed by atoms with Gasteiger partial charge in [0.25, 0.3) is 0 Å². The molecule has 0 bridgehead atoms. The summed E-state index contributed by atoms with van der Waals surface area (Å²) in [5.41, 5.74) is 0.121. The lowest BCUT2D eigenvalue weighted by atomic mass is 10.1. The van der Waals surface area contributed by atoms with Crippen LogP contribution in [-0.2, 0) is 9.53 Å². The number of carbonyl (C=O) groups is 1. The number of ether oxygens (including phenoxy) is 1. The van der Waals surface area contributed by atoms with Gasteiger partial charge in [0.05, 0.1) is 7.11 Å². The predicted octanol–water partition coefficient (Wildman–Crippen LogP) is 0.526. The van der Waals surface area contributed by atoms with Gasteiger partial charge in [0.2, 0.25) is 0 Å². The van der Waals surface area contributed by atoms with Gasteiger partial charge in [0.15, 0.2) is 0 Å². The van der Waals surface area contributed by atoms with Gasteiger partial charge >= 0.3 is 5.97 Å². The molecule has 4 nitrogen and oxygen atoms in total. The minimum Gasteiger partial charge on any atom is -0.468 e. The third kappa shape index (κ3) is 6.86. The topological polar surface area (TPSA) is 50.4 Å². The summed E-state index contributed by atoms with van der Waals surface area (Å²) in [5, 5.41) is 6.39.